The molecule has 0 radical (unpaired) electrons. The van der Waals surface area contributed by atoms with Crippen molar-refractivity contribution in [3.63, 3.8) is 0 Å². The van der Waals surface area contributed by atoms with Gasteiger partial charge in [-0.25, -0.2) is 0 Å². The molecule has 0 fully saturated rings. The largest absolute Gasteiger partial charge is 0.353 e. The van der Waals surface area contributed by atoms with E-state index in [9.17, 15) is 4.79 Å². The van der Waals surface area contributed by atoms with Crippen molar-refractivity contribution in [3.05, 3.63) is 64.9 Å². The van der Waals surface area contributed by atoms with Crippen molar-refractivity contribution in [1.29, 1.82) is 0 Å². The fraction of sp³-hybridized carbons (Fsp3) is 0.294. The van der Waals surface area contributed by atoms with Gasteiger partial charge in [0.05, 0.1) is 5.92 Å². The molecular formula is C17H19ClN2O. The molecule has 1 heterocycles. The predicted octanol–water partition coefficient (Wildman–Crippen LogP) is 3.59. The molecule has 0 aliphatic heterocycles. The van der Waals surface area contributed by atoms with E-state index in [0.29, 0.717) is 11.4 Å². The van der Waals surface area contributed by atoms with Gasteiger partial charge < -0.3 is 5.32 Å². The maximum Gasteiger partial charge on any atom is 0.228 e. The summed E-state index contributed by atoms with van der Waals surface area (Å²) in [5.74, 6) is -0.218. The molecule has 1 N–H and O–H groups in total. The third kappa shape index (κ3) is 4.57. The van der Waals surface area contributed by atoms with Crippen LogP contribution in [0.15, 0.2) is 48.8 Å². The molecular weight excluding hydrogens is 284 g/mol. The van der Waals surface area contributed by atoms with E-state index in [-0.39, 0.29) is 17.9 Å². The molecule has 0 saturated heterocycles. The standard InChI is InChI=1S/C17H19ClN2O/c1-12(2)20-17(21)16(10-13-4-3-9-19-11-13)14-5-7-15(18)8-6-14/h3-9,11-12,16H,10H2,1-2H3,(H,20,21). The minimum Gasteiger partial charge on any atom is -0.353 e. The number of benzene rings is 1. The van der Waals surface area contributed by atoms with Crippen LogP contribution in [0.3, 0.4) is 0 Å². The van der Waals surface area contributed by atoms with Crippen molar-refractivity contribution < 1.29 is 4.79 Å². The lowest BCUT2D eigenvalue weighted by molar-refractivity contribution is -0.123. The van der Waals surface area contributed by atoms with Gasteiger partial charge in [-0.15, -0.1) is 0 Å². The topological polar surface area (TPSA) is 42.0 Å². The smallest absolute Gasteiger partial charge is 0.228 e. The van der Waals surface area contributed by atoms with Crippen LogP contribution in [0.25, 0.3) is 0 Å². The van der Waals surface area contributed by atoms with Crippen LogP contribution < -0.4 is 5.32 Å². The highest BCUT2D eigenvalue weighted by atomic mass is 35.5. The maximum atomic E-state index is 12.5. The van der Waals surface area contributed by atoms with Gasteiger partial charge in [-0.3, -0.25) is 9.78 Å². The van der Waals surface area contributed by atoms with Crippen molar-refractivity contribution in [2.24, 2.45) is 0 Å². The van der Waals surface area contributed by atoms with E-state index in [1.54, 1.807) is 12.4 Å². The van der Waals surface area contributed by atoms with Gasteiger partial charge >= 0.3 is 0 Å². The van der Waals surface area contributed by atoms with E-state index in [4.69, 9.17) is 11.6 Å². The first kappa shape index (κ1) is 15.5. The number of carbonyl (C=O) groups excluding carboxylic acids is 1. The molecule has 1 atom stereocenters. The van der Waals surface area contributed by atoms with Gasteiger partial charge in [0.15, 0.2) is 0 Å². The number of carbonyl (C=O) groups is 1. The quantitative estimate of drug-likeness (QED) is 0.917. The van der Waals surface area contributed by atoms with Crippen LogP contribution in [-0.2, 0) is 11.2 Å². The summed E-state index contributed by atoms with van der Waals surface area (Å²) in [6.45, 7) is 3.92. The summed E-state index contributed by atoms with van der Waals surface area (Å²) in [4.78, 5) is 16.6. The van der Waals surface area contributed by atoms with E-state index in [1.807, 2.05) is 50.2 Å². The van der Waals surface area contributed by atoms with Crippen molar-refractivity contribution in [2.45, 2.75) is 32.2 Å². The zero-order chi connectivity index (χ0) is 15.2. The Balaban J connectivity index is 2.25. The van der Waals surface area contributed by atoms with Crippen LogP contribution in [0.5, 0.6) is 0 Å². The van der Waals surface area contributed by atoms with E-state index in [2.05, 4.69) is 10.3 Å². The third-order valence-electron chi connectivity index (χ3n) is 3.18. The Bertz CT molecular complexity index is 581. The van der Waals surface area contributed by atoms with Crippen LogP contribution in [0.2, 0.25) is 5.02 Å². The van der Waals surface area contributed by atoms with Crippen LogP contribution in [0.1, 0.15) is 30.9 Å². The first-order valence-electron chi connectivity index (χ1n) is 7.01. The predicted molar refractivity (Wildman–Crippen MR) is 85.4 cm³/mol. The number of rotatable bonds is 5. The number of hydrogen-bond acceptors (Lipinski definition) is 2. The highest BCUT2D eigenvalue weighted by Gasteiger charge is 2.21. The Kier molecular flexibility index (Phi) is 5.34. The van der Waals surface area contributed by atoms with Gasteiger partial charge in [-0.1, -0.05) is 29.8 Å². The fourth-order valence-electron chi connectivity index (χ4n) is 2.20. The van der Waals surface area contributed by atoms with Crippen molar-refractivity contribution in [3.8, 4) is 0 Å². The average molecular weight is 303 g/mol. The number of nitrogens with one attached hydrogen (secondary N) is 1. The maximum absolute atomic E-state index is 12.5. The summed E-state index contributed by atoms with van der Waals surface area (Å²) in [7, 11) is 0. The van der Waals surface area contributed by atoms with Crippen LogP contribution in [0.4, 0.5) is 0 Å². The Morgan fingerprint density at radius 3 is 2.52 bits per heavy atom. The molecule has 21 heavy (non-hydrogen) atoms. The molecule has 1 unspecified atom stereocenters. The van der Waals surface area contributed by atoms with Gasteiger partial charge in [0.2, 0.25) is 5.91 Å². The van der Waals surface area contributed by atoms with E-state index in [1.165, 1.54) is 0 Å². The zero-order valence-electron chi connectivity index (χ0n) is 12.2. The van der Waals surface area contributed by atoms with Crippen molar-refractivity contribution in [1.82, 2.24) is 10.3 Å². The summed E-state index contributed by atoms with van der Waals surface area (Å²) in [6, 6.07) is 11.4. The molecule has 0 aliphatic carbocycles. The second kappa shape index (κ2) is 7.23. The van der Waals surface area contributed by atoms with Gasteiger partial charge in [0.25, 0.3) is 0 Å². The molecule has 2 aromatic rings. The van der Waals surface area contributed by atoms with Crippen LogP contribution in [-0.4, -0.2) is 16.9 Å². The molecule has 3 nitrogen and oxygen atoms in total. The first-order chi connectivity index (χ1) is 10.1. The molecule has 0 spiro atoms. The highest BCUT2D eigenvalue weighted by Crippen LogP contribution is 2.23. The summed E-state index contributed by atoms with van der Waals surface area (Å²) in [5, 5.41) is 3.65. The highest BCUT2D eigenvalue weighted by molar-refractivity contribution is 6.30. The Morgan fingerprint density at radius 2 is 1.95 bits per heavy atom. The summed E-state index contributed by atoms with van der Waals surface area (Å²) in [5.41, 5.74) is 2.00. The number of hydrogen-bond donors (Lipinski definition) is 1. The molecule has 0 aliphatic rings. The van der Waals surface area contributed by atoms with E-state index >= 15 is 0 Å². The monoisotopic (exact) mass is 302 g/mol. The molecule has 4 heteroatoms. The van der Waals surface area contributed by atoms with Crippen LogP contribution in [0, 0.1) is 0 Å². The minimum absolute atomic E-state index is 0.0242. The van der Waals surface area contributed by atoms with Crippen LogP contribution >= 0.6 is 11.6 Å². The fourth-order valence-corrected chi connectivity index (χ4v) is 2.32. The average Bonchev–Trinajstić information content (AvgIpc) is 2.46. The van der Waals surface area contributed by atoms with Gasteiger partial charge in [0.1, 0.15) is 0 Å². The Morgan fingerprint density at radius 1 is 1.24 bits per heavy atom. The van der Waals surface area contributed by atoms with Gasteiger partial charge in [-0.2, -0.15) is 0 Å². The van der Waals surface area contributed by atoms with Crippen molar-refractivity contribution >= 4 is 17.5 Å². The van der Waals surface area contributed by atoms with E-state index < -0.39 is 0 Å². The molecule has 1 amide bonds. The SMILES string of the molecule is CC(C)NC(=O)C(Cc1cccnc1)c1ccc(Cl)cc1. The summed E-state index contributed by atoms with van der Waals surface area (Å²) in [6.07, 6.45) is 4.15. The molecule has 2 rings (SSSR count). The summed E-state index contributed by atoms with van der Waals surface area (Å²) < 4.78 is 0. The molecule has 1 aromatic heterocycles. The molecule has 0 saturated carbocycles. The lowest BCUT2D eigenvalue weighted by Gasteiger charge is -2.19. The number of pyridine rings is 1. The molecule has 1 aromatic carbocycles. The van der Waals surface area contributed by atoms with Gasteiger partial charge in [-0.05, 0) is 49.6 Å². The zero-order valence-corrected chi connectivity index (χ0v) is 13.0. The second-order valence-electron chi connectivity index (χ2n) is 5.33. The number of nitrogens with zero attached hydrogens (tertiary/aromatic N) is 1. The first-order valence-corrected chi connectivity index (χ1v) is 7.39. The lowest BCUT2D eigenvalue weighted by Crippen LogP contribution is -2.35. The summed E-state index contributed by atoms with van der Waals surface area (Å²) >= 11 is 5.93. The number of aromatic nitrogens is 1. The van der Waals surface area contributed by atoms with Gasteiger partial charge in [0, 0.05) is 23.5 Å². The number of halogens is 1. The molecule has 0 bridgehead atoms. The normalized spacial score (nSPS) is 12.2. The second-order valence-corrected chi connectivity index (χ2v) is 5.77. The molecule has 110 valence electrons. The van der Waals surface area contributed by atoms with Crippen molar-refractivity contribution in [2.75, 3.05) is 0 Å². The lowest BCUT2D eigenvalue weighted by atomic mass is 9.91. The number of amides is 1. The Labute approximate surface area is 130 Å². The van der Waals surface area contributed by atoms with E-state index in [0.717, 1.165) is 11.1 Å². The minimum atomic E-state index is -0.242. The third-order valence-corrected chi connectivity index (χ3v) is 3.43. The Hall–Kier alpha value is -1.87.